The molecule has 1 aromatic carbocycles. The molecular formula is C25H42N4O4S2. The first-order valence-corrected chi connectivity index (χ1v) is 11.4. The van der Waals surface area contributed by atoms with E-state index in [9.17, 15) is 14.4 Å². The summed E-state index contributed by atoms with van der Waals surface area (Å²) in [7, 11) is 2.12. The second-order valence-corrected chi connectivity index (χ2v) is 10.2. The minimum Gasteiger partial charge on any atom is -0.369 e. The van der Waals surface area contributed by atoms with E-state index in [1.807, 2.05) is 45.0 Å². The van der Waals surface area contributed by atoms with Gasteiger partial charge in [-0.1, -0.05) is 28.2 Å². The Labute approximate surface area is 223 Å². The van der Waals surface area contributed by atoms with Crippen LogP contribution in [0.25, 0.3) is 0 Å². The van der Waals surface area contributed by atoms with Crippen molar-refractivity contribution in [1.82, 2.24) is 15.1 Å². The fourth-order valence-corrected chi connectivity index (χ4v) is 4.76. The van der Waals surface area contributed by atoms with Crippen LogP contribution in [0.5, 0.6) is 0 Å². The molecule has 35 heavy (non-hydrogen) atoms. The zero-order valence-electron chi connectivity index (χ0n) is 20.5. The van der Waals surface area contributed by atoms with Gasteiger partial charge in [-0.05, 0) is 43.1 Å². The van der Waals surface area contributed by atoms with Crippen molar-refractivity contribution in [2.45, 2.75) is 52.8 Å². The molecule has 3 aliphatic rings. The number of amides is 2. The van der Waals surface area contributed by atoms with Crippen molar-refractivity contribution >= 4 is 50.3 Å². The molecule has 3 heterocycles. The molecule has 0 unspecified atom stereocenters. The third-order valence-electron chi connectivity index (χ3n) is 6.78. The maximum absolute atomic E-state index is 13.4. The van der Waals surface area contributed by atoms with E-state index in [0.29, 0.717) is 18.5 Å². The Morgan fingerprint density at radius 2 is 1.63 bits per heavy atom. The fourth-order valence-electron chi connectivity index (χ4n) is 4.76. The number of nitrogens with zero attached hydrogens (tertiary/aromatic N) is 3. The van der Waals surface area contributed by atoms with Gasteiger partial charge in [-0.25, -0.2) is 0 Å². The maximum Gasteiger partial charge on any atom is 0.251 e. The quantitative estimate of drug-likeness (QED) is 0.647. The minimum atomic E-state index is -0.737. The first-order valence-electron chi connectivity index (χ1n) is 11.4. The third-order valence-corrected chi connectivity index (χ3v) is 6.78. The average molecular weight is 527 g/mol. The number of hydrogen-bond donors (Lipinski definition) is 1. The number of ether oxygens (including phenoxy) is 1. The van der Waals surface area contributed by atoms with Crippen LogP contribution < -0.4 is 10.2 Å². The molecule has 0 aromatic heterocycles. The van der Waals surface area contributed by atoms with Gasteiger partial charge in [-0.15, -0.1) is 0 Å². The van der Waals surface area contributed by atoms with Crippen LogP contribution in [0.2, 0.25) is 0 Å². The van der Waals surface area contributed by atoms with Gasteiger partial charge in [0.15, 0.2) is 5.78 Å². The van der Waals surface area contributed by atoms with Crippen molar-refractivity contribution in [1.29, 1.82) is 0 Å². The molecule has 0 spiro atoms. The lowest BCUT2D eigenvalue weighted by Crippen LogP contribution is -2.57. The number of carbonyl (C=O) groups is 3. The summed E-state index contributed by atoms with van der Waals surface area (Å²) in [6.07, 6.45) is 0.436. The summed E-state index contributed by atoms with van der Waals surface area (Å²) in [6, 6.07) is 6.30. The number of fused-ring (bicyclic) bond motifs is 1. The van der Waals surface area contributed by atoms with Gasteiger partial charge in [0.05, 0.1) is 6.10 Å². The predicted molar refractivity (Wildman–Crippen MR) is 149 cm³/mol. The van der Waals surface area contributed by atoms with E-state index in [1.54, 1.807) is 4.90 Å². The predicted octanol–water partition coefficient (Wildman–Crippen LogP) is 2.01. The lowest BCUT2D eigenvalue weighted by Gasteiger charge is -2.35. The zero-order valence-corrected chi connectivity index (χ0v) is 22.5. The number of hydrogen-bond acceptors (Lipinski definition) is 6. The van der Waals surface area contributed by atoms with Crippen molar-refractivity contribution in [3.63, 3.8) is 0 Å². The zero-order chi connectivity index (χ0) is 23.0. The second-order valence-electron chi connectivity index (χ2n) is 10.2. The Morgan fingerprint density at radius 3 is 2.20 bits per heavy atom. The molecule has 0 radical (unpaired) electrons. The van der Waals surface area contributed by atoms with Crippen LogP contribution in [0.4, 0.5) is 5.69 Å². The van der Waals surface area contributed by atoms with E-state index < -0.39 is 17.5 Å². The summed E-state index contributed by atoms with van der Waals surface area (Å²) in [4.78, 5) is 44.9. The van der Waals surface area contributed by atoms with Crippen LogP contribution in [0, 0.1) is 5.41 Å². The van der Waals surface area contributed by atoms with Crippen molar-refractivity contribution in [3.8, 4) is 0 Å². The van der Waals surface area contributed by atoms with Crippen LogP contribution >= 0.6 is 27.0 Å². The Balaban J connectivity index is 0.00000204. The maximum atomic E-state index is 13.4. The second kappa shape index (κ2) is 12.5. The van der Waals surface area contributed by atoms with Gasteiger partial charge in [0.25, 0.3) is 5.91 Å². The van der Waals surface area contributed by atoms with Crippen molar-refractivity contribution in [3.05, 3.63) is 29.8 Å². The third kappa shape index (κ3) is 6.72. The SMILES string of the molecule is C.CN1CCN(c2ccc(C(=O)N[C@H](C(=O)N3CC[C@H]4OCC(=O)[C@H]43)C(C)(C)C)cc2)CC1.S.S. The molecule has 0 saturated carbocycles. The molecule has 2 amide bonds. The molecule has 198 valence electrons. The fraction of sp³-hybridized carbons (Fsp3) is 0.640. The monoisotopic (exact) mass is 526 g/mol. The Bertz CT molecular complexity index is 882. The van der Waals surface area contributed by atoms with Gasteiger partial charge < -0.3 is 24.8 Å². The van der Waals surface area contributed by atoms with E-state index in [4.69, 9.17) is 4.74 Å². The summed E-state index contributed by atoms with van der Waals surface area (Å²) in [5.74, 6) is -0.557. The molecule has 4 rings (SSSR count). The van der Waals surface area contributed by atoms with Gasteiger partial charge in [0.2, 0.25) is 5.91 Å². The van der Waals surface area contributed by atoms with Gasteiger partial charge in [0, 0.05) is 44.0 Å². The highest BCUT2D eigenvalue weighted by Crippen LogP contribution is 2.30. The molecule has 3 atom stereocenters. The Morgan fingerprint density at radius 1 is 1.03 bits per heavy atom. The first-order chi connectivity index (χ1) is 15.1. The molecule has 8 nitrogen and oxygen atoms in total. The van der Waals surface area contributed by atoms with Gasteiger partial charge in [-0.2, -0.15) is 27.0 Å². The van der Waals surface area contributed by atoms with Crippen LogP contribution in [-0.2, 0) is 14.3 Å². The molecule has 0 bridgehead atoms. The molecule has 3 saturated heterocycles. The van der Waals surface area contributed by atoms with Gasteiger partial charge >= 0.3 is 0 Å². The molecule has 1 N–H and O–H groups in total. The number of carbonyl (C=O) groups excluding carboxylic acids is 3. The van der Waals surface area contributed by atoms with Crippen LogP contribution in [0.3, 0.4) is 0 Å². The number of benzene rings is 1. The van der Waals surface area contributed by atoms with Gasteiger partial charge in [-0.3, -0.25) is 14.4 Å². The summed E-state index contributed by atoms with van der Waals surface area (Å²) in [5, 5.41) is 2.95. The average Bonchev–Trinajstić information content (AvgIpc) is 3.34. The number of Topliss-reactive ketones (excluding diaryl/α,β-unsaturated/α-hetero) is 1. The van der Waals surface area contributed by atoms with Crippen molar-refractivity contribution in [2.75, 3.05) is 51.3 Å². The number of piperazine rings is 1. The summed E-state index contributed by atoms with van der Waals surface area (Å²) < 4.78 is 5.51. The molecular weight excluding hydrogens is 484 g/mol. The van der Waals surface area contributed by atoms with Crippen LogP contribution in [-0.4, -0.2) is 92.0 Å². The number of likely N-dealkylation sites (N-methyl/N-ethyl adjacent to an activating group) is 1. The van der Waals surface area contributed by atoms with Crippen molar-refractivity contribution < 1.29 is 19.1 Å². The molecule has 3 aliphatic heterocycles. The van der Waals surface area contributed by atoms with Crippen LogP contribution in [0.1, 0.15) is 45.0 Å². The highest BCUT2D eigenvalue weighted by molar-refractivity contribution is 7.59. The molecule has 1 aromatic rings. The largest absolute Gasteiger partial charge is 0.369 e. The Hall–Kier alpha value is -1.75. The number of likely N-dealkylation sites (tertiary alicyclic amines) is 1. The van der Waals surface area contributed by atoms with E-state index in [0.717, 1.165) is 31.9 Å². The normalized spacial score (nSPS) is 22.9. The highest BCUT2D eigenvalue weighted by Gasteiger charge is 2.49. The van der Waals surface area contributed by atoms with Crippen LogP contribution in [0.15, 0.2) is 24.3 Å². The lowest BCUT2D eigenvalue weighted by atomic mass is 9.85. The van der Waals surface area contributed by atoms with Gasteiger partial charge in [0.1, 0.15) is 18.7 Å². The number of nitrogens with one attached hydrogen (secondary N) is 1. The highest BCUT2D eigenvalue weighted by atomic mass is 32.1. The molecule has 0 aliphatic carbocycles. The first kappa shape index (κ1) is 31.3. The van der Waals surface area contributed by atoms with E-state index in [1.165, 1.54) is 0 Å². The van der Waals surface area contributed by atoms with E-state index in [2.05, 4.69) is 22.2 Å². The number of anilines is 1. The number of rotatable bonds is 4. The van der Waals surface area contributed by atoms with E-state index >= 15 is 0 Å². The topological polar surface area (TPSA) is 82.2 Å². The summed E-state index contributed by atoms with van der Waals surface area (Å²) in [5.41, 5.74) is 1.11. The minimum absolute atomic E-state index is 0. The molecule has 10 heteroatoms. The standard InChI is InChI=1S/C24H34N4O4.CH4.2H2S/c1-24(2,3)21(23(31)28-10-9-19-20(28)18(29)15-32-19)25-22(30)16-5-7-17(8-6-16)27-13-11-26(4)12-14-27;;;/h5-8,19-21H,9-15H2,1-4H3,(H,25,30);1H4;2*1H2/t19-,20-,21-;;;/m1.../s1. The lowest BCUT2D eigenvalue weighted by molar-refractivity contribution is -0.140. The smallest absolute Gasteiger partial charge is 0.251 e. The Kier molecular flexibility index (Phi) is 11.1. The number of ketones is 1. The summed E-state index contributed by atoms with van der Waals surface area (Å²) >= 11 is 0. The summed E-state index contributed by atoms with van der Waals surface area (Å²) in [6.45, 7) is 10.3. The molecule has 3 fully saturated rings. The van der Waals surface area contributed by atoms with Crippen molar-refractivity contribution in [2.24, 2.45) is 5.41 Å². The van der Waals surface area contributed by atoms with E-state index in [-0.39, 0.29) is 64.7 Å².